The lowest BCUT2D eigenvalue weighted by Gasteiger charge is -2.28. The van der Waals surface area contributed by atoms with Gasteiger partial charge in [-0.15, -0.1) is 0 Å². The molecule has 132 valence electrons. The minimum absolute atomic E-state index is 0.0428. The Bertz CT molecular complexity index is 806. The van der Waals surface area contributed by atoms with Crippen LogP contribution in [-0.2, 0) is 17.3 Å². The maximum atomic E-state index is 13.2. The van der Waals surface area contributed by atoms with Crippen molar-refractivity contribution in [2.24, 2.45) is 0 Å². The van der Waals surface area contributed by atoms with Gasteiger partial charge in [0.2, 0.25) is 5.78 Å². The molecule has 25 heavy (non-hydrogen) atoms. The molecule has 3 heteroatoms. The fourth-order valence-corrected chi connectivity index (χ4v) is 3.61. The van der Waals surface area contributed by atoms with Crippen LogP contribution in [0.25, 0.3) is 0 Å². The van der Waals surface area contributed by atoms with Crippen molar-refractivity contribution >= 4 is 5.78 Å². The number of carbonyl (C=O) groups is 1. The number of ketones is 1. The molecule has 2 aromatic rings. The number of hydrogen-bond acceptors (Lipinski definition) is 3. The van der Waals surface area contributed by atoms with Crippen LogP contribution in [0, 0.1) is 0 Å². The average Bonchev–Trinajstić information content (AvgIpc) is 2.44. The van der Waals surface area contributed by atoms with Crippen LogP contribution < -0.4 is 0 Å². The highest BCUT2D eigenvalue weighted by atomic mass is 16.3. The van der Waals surface area contributed by atoms with E-state index in [2.05, 4.69) is 0 Å². The van der Waals surface area contributed by atoms with Crippen LogP contribution >= 0.6 is 0 Å². The Kier molecular flexibility index (Phi) is 3.75. The summed E-state index contributed by atoms with van der Waals surface area (Å²) in [6.45, 7) is 12.0. The van der Waals surface area contributed by atoms with E-state index in [1.165, 1.54) is 0 Å². The maximum Gasteiger partial charge on any atom is 0.201 e. The summed E-state index contributed by atoms with van der Waals surface area (Å²) in [6.07, 6.45) is 0.534. The van der Waals surface area contributed by atoms with Crippen LogP contribution in [0.4, 0.5) is 0 Å². The van der Waals surface area contributed by atoms with Gasteiger partial charge in [0.1, 0.15) is 11.5 Å². The summed E-state index contributed by atoms with van der Waals surface area (Å²) in [5.41, 5.74) is 3.24. The van der Waals surface area contributed by atoms with Gasteiger partial charge in [-0.05, 0) is 28.4 Å². The van der Waals surface area contributed by atoms with Crippen LogP contribution in [0.5, 0.6) is 11.5 Å². The SMILES string of the molecule is CC(C)(C)c1ccc2c(c1O)C(=O)c1c(ccc(C(C)(C)C)c1O)C2. The molecular weight excluding hydrogens is 312 g/mol. The smallest absolute Gasteiger partial charge is 0.201 e. The first-order chi connectivity index (χ1) is 11.4. The highest BCUT2D eigenvalue weighted by molar-refractivity contribution is 6.16. The van der Waals surface area contributed by atoms with Gasteiger partial charge in [0.15, 0.2) is 0 Å². The predicted octanol–water partition coefficient (Wildman–Crippen LogP) is 4.83. The lowest BCUT2D eigenvalue weighted by Crippen LogP contribution is -2.21. The van der Waals surface area contributed by atoms with Crippen LogP contribution in [0.15, 0.2) is 24.3 Å². The minimum Gasteiger partial charge on any atom is -0.507 e. The van der Waals surface area contributed by atoms with Crippen molar-refractivity contribution in [2.75, 3.05) is 0 Å². The highest BCUT2D eigenvalue weighted by Crippen LogP contribution is 2.43. The zero-order chi connectivity index (χ0) is 18.7. The Morgan fingerprint density at radius 2 is 1.08 bits per heavy atom. The van der Waals surface area contributed by atoms with Gasteiger partial charge in [-0.3, -0.25) is 4.79 Å². The van der Waals surface area contributed by atoms with Gasteiger partial charge in [-0.25, -0.2) is 0 Å². The molecule has 2 N–H and O–H groups in total. The molecule has 3 nitrogen and oxygen atoms in total. The largest absolute Gasteiger partial charge is 0.507 e. The van der Waals surface area contributed by atoms with Gasteiger partial charge in [-0.2, -0.15) is 0 Å². The highest BCUT2D eigenvalue weighted by Gasteiger charge is 2.34. The Morgan fingerprint density at radius 3 is 1.40 bits per heavy atom. The van der Waals surface area contributed by atoms with E-state index >= 15 is 0 Å². The molecule has 1 aliphatic carbocycles. The van der Waals surface area contributed by atoms with Gasteiger partial charge >= 0.3 is 0 Å². The standard InChI is InChI=1S/C22H26O3/c1-21(2,3)14-9-7-12-11-13-8-10-15(22(4,5)6)19(24)17(13)20(25)16(12)18(14)23/h7-10,23-24H,11H2,1-6H3. The number of hydrogen-bond donors (Lipinski definition) is 2. The predicted molar refractivity (Wildman–Crippen MR) is 99.9 cm³/mol. The molecule has 1 aliphatic rings. The molecule has 0 radical (unpaired) electrons. The summed E-state index contributed by atoms with van der Waals surface area (Å²) in [6, 6.07) is 7.64. The molecule has 0 spiro atoms. The van der Waals surface area contributed by atoms with E-state index in [0.717, 1.165) is 22.3 Å². The van der Waals surface area contributed by atoms with Gasteiger partial charge in [0.25, 0.3) is 0 Å². The average molecular weight is 338 g/mol. The first kappa shape index (κ1) is 17.5. The Balaban J connectivity index is 2.24. The summed E-state index contributed by atoms with van der Waals surface area (Å²) in [5.74, 6) is -0.203. The van der Waals surface area contributed by atoms with Crippen LogP contribution in [0.1, 0.15) is 79.7 Å². The number of aromatic hydroxyl groups is 2. The quantitative estimate of drug-likeness (QED) is 0.617. The summed E-state index contributed by atoms with van der Waals surface area (Å²) < 4.78 is 0. The van der Waals surface area contributed by atoms with Crippen LogP contribution in [0.3, 0.4) is 0 Å². The van der Waals surface area contributed by atoms with Gasteiger partial charge in [0, 0.05) is 11.1 Å². The maximum absolute atomic E-state index is 13.2. The molecule has 0 atom stereocenters. The number of fused-ring (bicyclic) bond motifs is 2. The molecule has 0 saturated heterocycles. The lowest BCUT2D eigenvalue weighted by molar-refractivity contribution is 0.102. The number of benzene rings is 2. The third kappa shape index (κ3) is 2.72. The van der Waals surface area contributed by atoms with Gasteiger partial charge in [-0.1, -0.05) is 65.8 Å². The molecule has 0 heterocycles. The van der Waals surface area contributed by atoms with Crippen molar-refractivity contribution < 1.29 is 15.0 Å². The molecule has 0 fully saturated rings. The minimum atomic E-state index is -0.288. The summed E-state index contributed by atoms with van der Waals surface area (Å²) >= 11 is 0. The van der Waals surface area contributed by atoms with E-state index < -0.39 is 0 Å². The van der Waals surface area contributed by atoms with Crippen molar-refractivity contribution in [3.8, 4) is 11.5 Å². The third-order valence-electron chi connectivity index (χ3n) is 4.98. The second-order valence-corrected chi connectivity index (χ2v) is 9.00. The Morgan fingerprint density at radius 1 is 0.720 bits per heavy atom. The second kappa shape index (κ2) is 5.35. The number of rotatable bonds is 0. The Hall–Kier alpha value is -2.29. The van der Waals surface area contributed by atoms with Crippen LogP contribution in [-0.4, -0.2) is 16.0 Å². The summed E-state index contributed by atoms with van der Waals surface area (Å²) in [7, 11) is 0. The zero-order valence-corrected chi connectivity index (χ0v) is 15.8. The van der Waals surface area contributed by atoms with E-state index in [4.69, 9.17) is 0 Å². The molecule has 0 unspecified atom stereocenters. The molecule has 0 bridgehead atoms. The van der Waals surface area contributed by atoms with Crippen molar-refractivity contribution in [3.63, 3.8) is 0 Å². The number of carbonyl (C=O) groups excluding carboxylic acids is 1. The molecule has 0 amide bonds. The monoisotopic (exact) mass is 338 g/mol. The summed E-state index contributed by atoms with van der Waals surface area (Å²) in [5, 5.41) is 21.6. The fourth-order valence-electron chi connectivity index (χ4n) is 3.61. The van der Waals surface area contributed by atoms with E-state index in [9.17, 15) is 15.0 Å². The summed E-state index contributed by atoms with van der Waals surface area (Å²) in [4.78, 5) is 13.2. The van der Waals surface area contributed by atoms with Crippen molar-refractivity contribution in [2.45, 2.75) is 58.8 Å². The zero-order valence-electron chi connectivity index (χ0n) is 15.8. The third-order valence-corrected chi connectivity index (χ3v) is 4.98. The molecule has 0 aliphatic heterocycles. The van der Waals surface area contributed by atoms with Crippen molar-refractivity contribution in [3.05, 3.63) is 57.6 Å². The van der Waals surface area contributed by atoms with E-state index in [-0.39, 0.29) is 28.1 Å². The van der Waals surface area contributed by atoms with E-state index in [0.29, 0.717) is 17.5 Å². The molecular formula is C22H26O3. The van der Waals surface area contributed by atoms with Crippen LogP contribution in [0.2, 0.25) is 0 Å². The van der Waals surface area contributed by atoms with E-state index in [1.54, 1.807) is 0 Å². The molecule has 2 aromatic carbocycles. The first-order valence-corrected chi connectivity index (χ1v) is 8.68. The number of phenolic OH excluding ortho intramolecular Hbond substituents is 2. The lowest BCUT2D eigenvalue weighted by atomic mass is 9.76. The molecule has 0 saturated carbocycles. The van der Waals surface area contributed by atoms with Crippen molar-refractivity contribution in [1.29, 1.82) is 0 Å². The first-order valence-electron chi connectivity index (χ1n) is 8.68. The fraction of sp³-hybridized carbons (Fsp3) is 0.409. The molecule has 0 aromatic heterocycles. The second-order valence-electron chi connectivity index (χ2n) is 9.00. The van der Waals surface area contributed by atoms with E-state index in [1.807, 2.05) is 65.8 Å². The van der Waals surface area contributed by atoms with Crippen molar-refractivity contribution in [1.82, 2.24) is 0 Å². The van der Waals surface area contributed by atoms with Gasteiger partial charge in [0.05, 0.1) is 11.1 Å². The Labute approximate surface area is 149 Å². The number of phenols is 2. The topological polar surface area (TPSA) is 57.5 Å². The molecule has 3 rings (SSSR count). The van der Waals surface area contributed by atoms with Gasteiger partial charge < -0.3 is 10.2 Å². The normalized spacial score (nSPS) is 14.2.